The Kier molecular flexibility index (Phi) is 5.99. The van der Waals surface area contributed by atoms with Gasteiger partial charge in [-0.15, -0.1) is 11.3 Å². The Balaban J connectivity index is 1.44. The highest BCUT2D eigenvalue weighted by molar-refractivity contribution is 7.20. The van der Waals surface area contributed by atoms with Gasteiger partial charge < -0.3 is 20.3 Å². The molecule has 2 fully saturated rings. The summed E-state index contributed by atoms with van der Waals surface area (Å²) in [5.74, 6) is 0.491. The van der Waals surface area contributed by atoms with Gasteiger partial charge >= 0.3 is 0 Å². The molecule has 2 saturated heterocycles. The van der Waals surface area contributed by atoms with E-state index < -0.39 is 0 Å². The minimum Gasteiger partial charge on any atom is -0.381 e. The molecule has 2 amide bonds. The first kappa shape index (κ1) is 21.8. The van der Waals surface area contributed by atoms with Crippen molar-refractivity contribution < 1.29 is 14.3 Å². The summed E-state index contributed by atoms with van der Waals surface area (Å²) in [6, 6.07) is 10.6. The van der Waals surface area contributed by atoms with Crippen molar-refractivity contribution in [1.82, 2.24) is 20.2 Å². The standard InChI is InChI=1S/C24H27N5O3S/c1-16-19-21(26-14-24(7-11-32-12-8-24)17-5-3-2-4-6-17)27-15-28-22(19)33-20(16)23(31)29-10-9-25-18(30)13-29/h2-6,15H,7-14H2,1H3,(H,25,30)(H,26,27,28). The molecule has 3 aromatic rings. The highest BCUT2D eigenvalue weighted by Gasteiger charge is 2.35. The van der Waals surface area contributed by atoms with Crippen molar-refractivity contribution >= 4 is 39.2 Å². The van der Waals surface area contributed by atoms with Crippen molar-refractivity contribution in [3.8, 4) is 0 Å². The SMILES string of the molecule is Cc1c(C(=O)N2CCNC(=O)C2)sc2ncnc(NCC3(c4ccccc4)CCOCC3)c12. The molecule has 0 bridgehead atoms. The smallest absolute Gasteiger partial charge is 0.264 e. The summed E-state index contributed by atoms with van der Waals surface area (Å²) in [7, 11) is 0. The van der Waals surface area contributed by atoms with Gasteiger partial charge in [0.2, 0.25) is 5.91 Å². The number of carbonyl (C=O) groups is 2. The summed E-state index contributed by atoms with van der Waals surface area (Å²) >= 11 is 1.36. The number of hydrogen-bond acceptors (Lipinski definition) is 7. The van der Waals surface area contributed by atoms with Crippen LogP contribution in [0.3, 0.4) is 0 Å². The summed E-state index contributed by atoms with van der Waals surface area (Å²) in [6.45, 7) is 5.20. The molecule has 4 heterocycles. The first-order chi connectivity index (χ1) is 16.1. The first-order valence-corrected chi connectivity index (χ1v) is 12.1. The van der Waals surface area contributed by atoms with E-state index >= 15 is 0 Å². The molecule has 172 valence electrons. The van der Waals surface area contributed by atoms with Gasteiger partial charge in [-0.05, 0) is 30.9 Å². The Morgan fingerprint density at radius 1 is 1.24 bits per heavy atom. The van der Waals surface area contributed by atoms with Crippen LogP contribution in [0.5, 0.6) is 0 Å². The summed E-state index contributed by atoms with van der Waals surface area (Å²) in [4.78, 5) is 36.9. The van der Waals surface area contributed by atoms with E-state index in [2.05, 4.69) is 44.9 Å². The first-order valence-electron chi connectivity index (χ1n) is 11.2. The Labute approximate surface area is 196 Å². The maximum atomic E-state index is 13.2. The highest BCUT2D eigenvalue weighted by Crippen LogP contribution is 2.37. The zero-order valence-electron chi connectivity index (χ0n) is 18.6. The second-order valence-corrected chi connectivity index (χ2v) is 9.65. The van der Waals surface area contributed by atoms with Gasteiger partial charge in [-0.2, -0.15) is 0 Å². The quantitative estimate of drug-likeness (QED) is 0.602. The zero-order valence-corrected chi connectivity index (χ0v) is 19.4. The fourth-order valence-electron chi connectivity index (χ4n) is 4.74. The molecule has 2 aliphatic rings. The molecule has 2 N–H and O–H groups in total. The fraction of sp³-hybridized carbons (Fsp3) is 0.417. The van der Waals surface area contributed by atoms with Crippen LogP contribution in [0.2, 0.25) is 0 Å². The van der Waals surface area contributed by atoms with E-state index in [0.717, 1.165) is 54.2 Å². The number of hydrogen-bond donors (Lipinski definition) is 2. The third-order valence-corrected chi connectivity index (χ3v) is 7.86. The predicted octanol–water partition coefficient (Wildman–Crippen LogP) is 2.73. The number of piperazine rings is 1. The van der Waals surface area contributed by atoms with Crippen molar-refractivity contribution in [3.63, 3.8) is 0 Å². The van der Waals surface area contributed by atoms with E-state index in [1.54, 1.807) is 11.2 Å². The van der Waals surface area contributed by atoms with Crippen LogP contribution in [-0.2, 0) is 14.9 Å². The second-order valence-electron chi connectivity index (χ2n) is 8.65. The van der Waals surface area contributed by atoms with Gasteiger partial charge in [0.05, 0.1) is 16.8 Å². The van der Waals surface area contributed by atoms with Gasteiger partial charge in [0, 0.05) is 38.3 Å². The average Bonchev–Trinajstić information content (AvgIpc) is 3.20. The van der Waals surface area contributed by atoms with Crippen LogP contribution in [0.15, 0.2) is 36.7 Å². The number of rotatable bonds is 5. The molecule has 8 nitrogen and oxygen atoms in total. The van der Waals surface area contributed by atoms with Gasteiger partial charge in [0.1, 0.15) is 17.0 Å². The number of nitrogens with zero attached hydrogens (tertiary/aromatic N) is 3. The maximum Gasteiger partial charge on any atom is 0.264 e. The molecule has 0 aliphatic carbocycles. The molecule has 2 aliphatic heterocycles. The van der Waals surface area contributed by atoms with E-state index in [1.165, 1.54) is 16.9 Å². The Morgan fingerprint density at radius 2 is 2.03 bits per heavy atom. The molecule has 0 saturated carbocycles. The van der Waals surface area contributed by atoms with Crippen molar-refractivity contribution in [1.29, 1.82) is 0 Å². The van der Waals surface area contributed by atoms with Gasteiger partial charge in [-0.25, -0.2) is 9.97 Å². The van der Waals surface area contributed by atoms with Crippen molar-refractivity contribution in [3.05, 3.63) is 52.7 Å². The minimum absolute atomic E-state index is 0.0411. The average molecular weight is 466 g/mol. The van der Waals surface area contributed by atoms with Crippen LogP contribution in [0.25, 0.3) is 10.2 Å². The number of aromatic nitrogens is 2. The number of aryl methyl sites for hydroxylation is 1. The second kappa shape index (κ2) is 9.07. The molecule has 0 spiro atoms. The van der Waals surface area contributed by atoms with Crippen LogP contribution in [0.4, 0.5) is 5.82 Å². The minimum atomic E-state index is -0.127. The van der Waals surface area contributed by atoms with Gasteiger partial charge in [-0.1, -0.05) is 30.3 Å². The largest absolute Gasteiger partial charge is 0.381 e. The number of benzene rings is 1. The Hall–Kier alpha value is -3.04. The number of thiophene rings is 1. The lowest BCUT2D eigenvalue weighted by Gasteiger charge is -2.38. The normalized spacial score (nSPS) is 18.2. The molecule has 0 atom stereocenters. The number of carbonyl (C=O) groups excluding carboxylic acids is 2. The molecule has 33 heavy (non-hydrogen) atoms. The molecule has 1 aromatic carbocycles. The number of nitrogens with one attached hydrogen (secondary N) is 2. The molecule has 5 rings (SSSR count). The fourth-order valence-corrected chi connectivity index (χ4v) is 5.86. The lowest BCUT2D eigenvalue weighted by Crippen LogP contribution is -2.49. The number of fused-ring (bicyclic) bond motifs is 1. The molecule has 2 aromatic heterocycles. The van der Waals surface area contributed by atoms with Crippen LogP contribution in [0.1, 0.15) is 33.6 Å². The lowest BCUT2D eigenvalue weighted by atomic mass is 9.74. The third kappa shape index (κ3) is 4.18. The summed E-state index contributed by atoms with van der Waals surface area (Å²) < 4.78 is 5.66. The van der Waals surface area contributed by atoms with Crippen molar-refractivity contribution in [2.24, 2.45) is 0 Å². The topological polar surface area (TPSA) is 96.5 Å². The van der Waals surface area contributed by atoms with Gasteiger partial charge in [-0.3, -0.25) is 9.59 Å². The number of anilines is 1. The van der Waals surface area contributed by atoms with Crippen LogP contribution in [0, 0.1) is 6.92 Å². The molecule has 0 radical (unpaired) electrons. The predicted molar refractivity (Wildman–Crippen MR) is 128 cm³/mol. The van der Waals surface area contributed by atoms with Crippen molar-refractivity contribution in [2.75, 3.05) is 44.7 Å². The van der Waals surface area contributed by atoms with E-state index in [4.69, 9.17) is 4.74 Å². The van der Waals surface area contributed by atoms with E-state index in [1.807, 2.05) is 13.0 Å². The summed E-state index contributed by atoms with van der Waals surface area (Å²) in [6.07, 6.45) is 3.41. The monoisotopic (exact) mass is 465 g/mol. The van der Waals surface area contributed by atoms with Crippen LogP contribution >= 0.6 is 11.3 Å². The van der Waals surface area contributed by atoms with Gasteiger partial charge in [0.15, 0.2) is 0 Å². The Morgan fingerprint density at radius 3 is 2.79 bits per heavy atom. The van der Waals surface area contributed by atoms with E-state index in [-0.39, 0.29) is 23.8 Å². The Bertz CT molecular complexity index is 1170. The molecular formula is C24H27N5O3S. The van der Waals surface area contributed by atoms with Gasteiger partial charge in [0.25, 0.3) is 5.91 Å². The summed E-state index contributed by atoms with van der Waals surface area (Å²) in [5.41, 5.74) is 2.11. The molecule has 9 heteroatoms. The lowest BCUT2D eigenvalue weighted by molar-refractivity contribution is -0.123. The zero-order chi connectivity index (χ0) is 22.8. The number of ether oxygens (including phenoxy) is 1. The van der Waals surface area contributed by atoms with Crippen LogP contribution in [-0.4, -0.2) is 66.1 Å². The highest BCUT2D eigenvalue weighted by atomic mass is 32.1. The van der Waals surface area contributed by atoms with Crippen LogP contribution < -0.4 is 10.6 Å². The maximum absolute atomic E-state index is 13.2. The van der Waals surface area contributed by atoms with E-state index in [0.29, 0.717) is 18.0 Å². The third-order valence-electron chi connectivity index (χ3n) is 6.68. The molecular weight excluding hydrogens is 438 g/mol. The van der Waals surface area contributed by atoms with Crippen molar-refractivity contribution in [2.45, 2.75) is 25.2 Å². The molecule has 0 unspecified atom stereocenters. The number of amides is 2. The van der Waals surface area contributed by atoms with E-state index in [9.17, 15) is 9.59 Å². The summed E-state index contributed by atoms with van der Waals surface area (Å²) in [5, 5.41) is 7.23.